The van der Waals surface area contributed by atoms with Crippen LogP contribution in [0.5, 0.6) is 0 Å². The number of aromatic nitrogens is 1. The summed E-state index contributed by atoms with van der Waals surface area (Å²) in [6.07, 6.45) is 0. The first-order chi connectivity index (χ1) is 8.45. The third kappa shape index (κ3) is 1.72. The van der Waals surface area contributed by atoms with Gasteiger partial charge in [-0.3, -0.25) is 4.79 Å². The number of nitrogens with zero attached hydrogens (tertiary/aromatic N) is 1. The zero-order valence-corrected chi connectivity index (χ0v) is 11.2. The molecule has 0 fully saturated rings. The van der Waals surface area contributed by atoms with Gasteiger partial charge in [-0.05, 0) is 26.3 Å². The fourth-order valence-corrected chi connectivity index (χ4v) is 2.44. The summed E-state index contributed by atoms with van der Waals surface area (Å²) in [5.74, 6) is 0.0143. The van der Waals surface area contributed by atoms with E-state index in [0.29, 0.717) is 11.3 Å². The van der Waals surface area contributed by atoms with E-state index in [0.717, 1.165) is 22.5 Å². The van der Waals surface area contributed by atoms with Gasteiger partial charge in [-0.1, -0.05) is 24.3 Å². The lowest BCUT2D eigenvalue weighted by Gasteiger charge is -2.09. The number of aryl methyl sites for hydroxylation is 1. The molecule has 0 amide bonds. The quantitative estimate of drug-likeness (QED) is 0.823. The van der Waals surface area contributed by atoms with Gasteiger partial charge in [-0.2, -0.15) is 0 Å². The summed E-state index contributed by atoms with van der Waals surface area (Å²) in [7, 11) is 1.94. The van der Waals surface area contributed by atoms with Crippen LogP contribution < -0.4 is 5.73 Å². The number of nitrogens with two attached hydrogens (primary N) is 1. The fourth-order valence-electron chi connectivity index (χ4n) is 2.44. The number of hydrogen-bond donors (Lipinski definition) is 1. The minimum atomic E-state index is 0.0143. The number of hydrogen-bond acceptors (Lipinski definition) is 2. The number of ketones is 1. The van der Waals surface area contributed by atoms with Gasteiger partial charge in [0.05, 0.1) is 16.9 Å². The van der Waals surface area contributed by atoms with Crippen LogP contribution in [0.4, 0.5) is 5.69 Å². The molecule has 0 saturated heterocycles. The van der Waals surface area contributed by atoms with Gasteiger partial charge < -0.3 is 10.3 Å². The van der Waals surface area contributed by atoms with Crippen LogP contribution in [0.1, 0.15) is 28.5 Å². The summed E-state index contributed by atoms with van der Waals surface area (Å²) in [6, 6.07) is 8.06. The summed E-state index contributed by atoms with van der Waals surface area (Å²) in [6.45, 7) is 5.53. The van der Waals surface area contributed by atoms with E-state index < -0.39 is 0 Å². The maximum atomic E-state index is 11.7. The van der Waals surface area contributed by atoms with Crippen molar-refractivity contribution >= 4 is 11.5 Å². The van der Waals surface area contributed by atoms with Crippen molar-refractivity contribution in [1.82, 2.24) is 4.57 Å². The zero-order chi connectivity index (χ0) is 13.4. The molecular formula is C15H18N2O. The molecule has 0 aliphatic heterocycles. The highest BCUT2D eigenvalue weighted by Gasteiger charge is 2.20. The molecular weight excluding hydrogens is 224 g/mol. The van der Waals surface area contributed by atoms with E-state index in [-0.39, 0.29) is 5.78 Å². The number of carbonyl (C=O) groups is 1. The minimum Gasteiger partial charge on any atom is -0.396 e. The van der Waals surface area contributed by atoms with E-state index in [1.807, 2.05) is 49.7 Å². The van der Waals surface area contributed by atoms with Gasteiger partial charge in [-0.25, -0.2) is 0 Å². The predicted molar refractivity (Wildman–Crippen MR) is 74.7 cm³/mol. The van der Waals surface area contributed by atoms with Gasteiger partial charge >= 0.3 is 0 Å². The van der Waals surface area contributed by atoms with Gasteiger partial charge in [0.25, 0.3) is 0 Å². The second-order valence-corrected chi connectivity index (χ2v) is 4.65. The summed E-state index contributed by atoms with van der Waals surface area (Å²) < 4.78 is 1.99. The van der Waals surface area contributed by atoms with Gasteiger partial charge in [0.2, 0.25) is 0 Å². The highest BCUT2D eigenvalue weighted by atomic mass is 16.1. The first kappa shape index (κ1) is 12.4. The second kappa shape index (κ2) is 4.33. The fraction of sp³-hybridized carbons (Fsp3) is 0.267. The molecule has 0 aliphatic rings. The van der Waals surface area contributed by atoms with Crippen LogP contribution in [0, 0.1) is 13.8 Å². The first-order valence-electron chi connectivity index (χ1n) is 5.96. The lowest BCUT2D eigenvalue weighted by molar-refractivity contribution is 0.101. The number of carbonyl (C=O) groups excluding carboxylic acids is 1. The molecule has 94 valence electrons. The molecule has 3 heteroatoms. The molecule has 0 saturated carbocycles. The Labute approximate surface area is 107 Å². The van der Waals surface area contributed by atoms with Gasteiger partial charge in [0, 0.05) is 18.3 Å². The molecule has 0 atom stereocenters. The normalized spacial score (nSPS) is 10.7. The minimum absolute atomic E-state index is 0.0143. The molecule has 0 radical (unpaired) electrons. The standard InChI is InChI=1S/C15H18N2O/c1-9-7-5-6-8-12(9)15-14(16)13(11(3)18)10(2)17(15)4/h5-8H,16H2,1-4H3. The molecule has 3 nitrogen and oxygen atoms in total. The first-order valence-corrected chi connectivity index (χ1v) is 5.96. The molecule has 0 aliphatic carbocycles. The summed E-state index contributed by atoms with van der Waals surface area (Å²) in [5.41, 5.74) is 11.5. The summed E-state index contributed by atoms with van der Waals surface area (Å²) in [5, 5.41) is 0. The van der Waals surface area contributed by atoms with E-state index in [9.17, 15) is 4.79 Å². The maximum Gasteiger partial charge on any atom is 0.163 e. The van der Waals surface area contributed by atoms with Crippen molar-refractivity contribution in [2.45, 2.75) is 20.8 Å². The van der Waals surface area contributed by atoms with Gasteiger partial charge in [-0.15, -0.1) is 0 Å². The van der Waals surface area contributed by atoms with Crippen LogP contribution in [0.15, 0.2) is 24.3 Å². The summed E-state index contributed by atoms with van der Waals surface area (Å²) in [4.78, 5) is 11.7. The van der Waals surface area contributed by atoms with Crippen molar-refractivity contribution in [2.24, 2.45) is 7.05 Å². The Kier molecular flexibility index (Phi) is 2.99. The number of nitrogen functional groups attached to an aromatic ring is 1. The number of Topliss-reactive ketones (excluding diaryl/α,β-unsaturated/α-hetero) is 1. The van der Waals surface area contributed by atoms with Crippen molar-refractivity contribution < 1.29 is 4.79 Å². The van der Waals surface area contributed by atoms with Crippen molar-refractivity contribution in [1.29, 1.82) is 0 Å². The molecule has 0 bridgehead atoms. The van der Waals surface area contributed by atoms with Crippen LogP contribution in [0.25, 0.3) is 11.3 Å². The van der Waals surface area contributed by atoms with Gasteiger partial charge in [0.1, 0.15) is 0 Å². The average Bonchev–Trinajstić information content (AvgIpc) is 2.52. The van der Waals surface area contributed by atoms with E-state index in [1.165, 1.54) is 0 Å². The largest absolute Gasteiger partial charge is 0.396 e. The van der Waals surface area contributed by atoms with Crippen molar-refractivity contribution in [3.8, 4) is 11.3 Å². The van der Waals surface area contributed by atoms with E-state index in [2.05, 4.69) is 0 Å². The SMILES string of the molecule is CC(=O)c1c(N)c(-c2ccccc2C)n(C)c1C. The Bertz CT molecular complexity index is 624. The highest BCUT2D eigenvalue weighted by Crippen LogP contribution is 2.34. The maximum absolute atomic E-state index is 11.7. The molecule has 0 spiro atoms. The Hall–Kier alpha value is -2.03. The van der Waals surface area contributed by atoms with Crippen molar-refractivity contribution in [3.05, 3.63) is 41.1 Å². The molecule has 2 aromatic rings. The molecule has 2 rings (SSSR count). The molecule has 1 aromatic heterocycles. The Morgan fingerprint density at radius 2 is 1.83 bits per heavy atom. The molecule has 18 heavy (non-hydrogen) atoms. The second-order valence-electron chi connectivity index (χ2n) is 4.65. The molecule has 1 heterocycles. The topological polar surface area (TPSA) is 48.0 Å². The third-order valence-electron chi connectivity index (χ3n) is 3.48. The van der Waals surface area contributed by atoms with Crippen molar-refractivity contribution in [3.63, 3.8) is 0 Å². The van der Waals surface area contributed by atoms with Crippen LogP contribution >= 0.6 is 0 Å². The number of anilines is 1. The number of benzene rings is 1. The monoisotopic (exact) mass is 242 g/mol. The Morgan fingerprint density at radius 3 is 2.33 bits per heavy atom. The third-order valence-corrected chi connectivity index (χ3v) is 3.48. The van der Waals surface area contributed by atoms with Crippen LogP contribution in [0.2, 0.25) is 0 Å². The predicted octanol–water partition coefficient (Wildman–Crippen LogP) is 3.09. The highest BCUT2D eigenvalue weighted by molar-refractivity contribution is 6.04. The van der Waals surface area contributed by atoms with Crippen molar-refractivity contribution in [2.75, 3.05) is 5.73 Å². The van der Waals surface area contributed by atoms with E-state index >= 15 is 0 Å². The smallest absolute Gasteiger partial charge is 0.163 e. The van der Waals surface area contributed by atoms with Gasteiger partial charge in [0.15, 0.2) is 5.78 Å². The average molecular weight is 242 g/mol. The molecule has 0 unspecified atom stereocenters. The summed E-state index contributed by atoms with van der Waals surface area (Å²) >= 11 is 0. The van der Waals surface area contributed by atoms with E-state index in [1.54, 1.807) is 6.92 Å². The Morgan fingerprint density at radius 1 is 1.22 bits per heavy atom. The molecule has 2 N–H and O–H groups in total. The Balaban J connectivity index is 2.78. The van der Waals surface area contributed by atoms with Crippen LogP contribution in [-0.2, 0) is 7.05 Å². The number of rotatable bonds is 2. The molecule has 1 aromatic carbocycles. The lowest BCUT2D eigenvalue weighted by Crippen LogP contribution is -1.98. The van der Waals surface area contributed by atoms with Crippen LogP contribution in [-0.4, -0.2) is 10.4 Å². The van der Waals surface area contributed by atoms with Crippen LogP contribution in [0.3, 0.4) is 0 Å². The zero-order valence-electron chi connectivity index (χ0n) is 11.2. The van der Waals surface area contributed by atoms with E-state index in [4.69, 9.17) is 5.73 Å². The lowest BCUT2D eigenvalue weighted by atomic mass is 10.0.